The highest BCUT2D eigenvalue weighted by atomic mass is 16.4. The van der Waals surface area contributed by atoms with Gasteiger partial charge in [-0.2, -0.15) is 0 Å². The van der Waals surface area contributed by atoms with Crippen molar-refractivity contribution in [1.82, 2.24) is 9.55 Å². The summed E-state index contributed by atoms with van der Waals surface area (Å²) < 4.78 is 2.07. The van der Waals surface area contributed by atoms with Crippen LogP contribution in [-0.2, 0) is 13.0 Å². The predicted molar refractivity (Wildman–Crippen MR) is 76.8 cm³/mol. The molecule has 2 aromatic heterocycles. The molecule has 0 amide bonds. The molecule has 0 bridgehead atoms. The summed E-state index contributed by atoms with van der Waals surface area (Å²) in [6.45, 7) is 0.781. The molecule has 0 radical (unpaired) electrons. The lowest BCUT2D eigenvalue weighted by Crippen LogP contribution is -2.02. The molecular weight excluding hydrogens is 252 g/mol. The molecule has 4 heteroatoms. The van der Waals surface area contributed by atoms with E-state index in [0.29, 0.717) is 5.56 Å². The van der Waals surface area contributed by atoms with E-state index in [-0.39, 0.29) is 0 Å². The van der Waals surface area contributed by atoms with Crippen LogP contribution in [0, 0.1) is 0 Å². The molecule has 0 unspecified atom stereocenters. The molecule has 0 aliphatic heterocycles. The molecule has 0 saturated heterocycles. The summed E-state index contributed by atoms with van der Waals surface area (Å²) in [7, 11) is 0. The Balaban J connectivity index is 1.88. The smallest absolute Gasteiger partial charge is 0.335 e. The number of hydrogen-bond acceptors (Lipinski definition) is 2. The van der Waals surface area contributed by atoms with Crippen molar-refractivity contribution in [3.8, 4) is 0 Å². The molecule has 20 heavy (non-hydrogen) atoms. The zero-order valence-corrected chi connectivity index (χ0v) is 10.9. The first-order valence-electron chi connectivity index (χ1n) is 6.46. The van der Waals surface area contributed by atoms with Gasteiger partial charge in [-0.1, -0.05) is 12.1 Å². The van der Waals surface area contributed by atoms with Gasteiger partial charge in [-0.05, 0) is 35.7 Å². The molecule has 3 rings (SSSR count). The molecule has 0 fully saturated rings. The predicted octanol–water partition coefficient (Wildman–Crippen LogP) is 2.98. The third-order valence-corrected chi connectivity index (χ3v) is 3.36. The minimum absolute atomic E-state index is 0.315. The number of aromatic carboxylic acids is 1. The van der Waals surface area contributed by atoms with Crippen molar-refractivity contribution in [2.75, 3.05) is 0 Å². The van der Waals surface area contributed by atoms with Gasteiger partial charge < -0.3 is 9.67 Å². The first-order chi connectivity index (χ1) is 9.74. The zero-order chi connectivity index (χ0) is 13.9. The molecular formula is C16H14N2O2. The van der Waals surface area contributed by atoms with Gasteiger partial charge in [0.05, 0.1) is 5.56 Å². The highest BCUT2D eigenvalue weighted by Gasteiger charge is 2.07. The molecule has 4 nitrogen and oxygen atoms in total. The number of pyridine rings is 1. The van der Waals surface area contributed by atoms with Crippen molar-refractivity contribution in [3.05, 3.63) is 66.1 Å². The first-order valence-corrected chi connectivity index (χ1v) is 6.46. The van der Waals surface area contributed by atoms with Crippen LogP contribution in [0.25, 0.3) is 10.9 Å². The molecule has 0 aliphatic rings. The number of benzene rings is 1. The van der Waals surface area contributed by atoms with Crippen LogP contribution in [-0.4, -0.2) is 20.6 Å². The van der Waals surface area contributed by atoms with Crippen molar-refractivity contribution >= 4 is 16.9 Å². The minimum atomic E-state index is -0.899. The second kappa shape index (κ2) is 5.17. The number of carbonyl (C=O) groups is 1. The lowest BCUT2D eigenvalue weighted by atomic mass is 10.1. The van der Waals surface area contributed by atoms with Gasteiger partial charge in [-0.3, -0.25) is 4.98 Å². The van der Waals surface area contributed by atoms with Crippen molar-refractivity contribution < 1.29 is 9.90 Å². The Kier molecular flexibility index (Phi) is 3.21. The van der Waals surface area contributed by atoms with Crippen LogP contribution < -0.4 is 0 Å². The summed E-state index contributed by atoms with van der Waals surface area (Å²) in [6, 6.07) is 13.1. The third-order valence-electron chi connectivity index (χ3n) is 3.36. The van der Waals surface area contributed by atoms with Gasteiger partial charge in [-0.15, -0.1) is 0 Å². The zero-order valence-electron chi connectivity index (χ0n) is 10.9. The fourth-order valence-electron chi connectivity index (χ4n) is 2.29. The molecule has 3 aromatic rings. The molecule has 2 heterocycles. The lowest BCUT2D eigenvalue weighted by molar-refractivity contribution is 0.0697. The van der Waals surface area contributed by atoms with Crippen molar-refractivity contribution in [2.24, 2.45) is 0 Å². The van der Waals surface area contributed by atoms with E-state index in [1.165, 1.54) is 0 Å². The van der Waals surface area contributed by atoms with Gasteiger partial charge in [0.15, 0.2) is 0 Å². The summed E-state index contributed by atoms with van der Waals surface area (Å²) in [5, 5.41) is 10.1. The maximum Gasteiger partial charge on any atom is 0.335 e. The Morgan fingerprint density at radius 3 is 2.85 bits per heavy atom. The van der Waals surface area contributed by atoms with Gasteiger partial charge in [0, 0.05) is 36.6 Å². The second-order valence-corrected chi connectivity index (χ2v) is 4.66. The highest BCUT2D eigenvalue weighted by Crippen LogP contribution is 2.18. The van der Waals surface area contributed by atoms with Crippen molar-refractivity contribution in [1.29, 1.82) is 0 Å². The van der Waals surface area contributed by atoms with Gasteiger partial charge >= 0.3 is 5.97 Å². The van der Waals surface area contributed by atoms with E-state index in [2.05, 4.69) is 9.55 Å². The standard InChI is InChI=1S/C16H14N2O2/c19-16(20)13-5-4-12-6-9-18(15(12)11-13)10-7-14-3-1-2-8-17-14/h1-6,8-9,11H,7,10H2,(H,19,20). The van der Waals surface area contributed by atoms with Crippen LogP contribution in [0.2, 0.25) is 0 Å². The highest BCUT2D eigenvalue weighted by molar-refractivity contribution is 5.93. The Bertz CT molecular complexity index is 748. The lowest BCUT2D eigenvalue weighted by Gasteiger charge is -2.06. The number of fused-ring (bicyclic) bond motifs is 1. The molecule has 0 atom stereocenters. The summed E-state index contributed by atoms with van der Waals surface area (Å²) in [4.78, 5) is 15.3. The number of nitrogens with zero attached hydrogens (tertiary/aromatic N) is 2. The van der Waals surface area contributed by atoms with Gasteiger partial charge in [0.2, 0.25) is 0 Å². The average molecular weight is 266 g/mol. The van der Waals surface area contributed by atoms with Gasteiger partial charge in [-0.25, -0.2) is 4.79 Å². The van der Waals surface area contributed by atoms with Crippen LogP contribution in [0.15, 0.2) is 54.9 Å². The largest absolute Gasteiger partial charge is 0.478 e. The van der Waals surface area contributed by atoms with Gasteiger partial charge in [0.1, 0.15) is 0 Å². The number of aryl methyl sites for hydroxylation is 2. The molecule has 0 spiro atoms. The normalized spacial score (nSPS) is 10.8. The third kappa shape index (κ3) is 2.40. The Labute approximate surface area is 116 Å². The van der Waals surface area contributed by atoms with Crippen molar-refractivity contribution in [2.45, 2.75) is 13.0 Å². The molecule has 1 aromatic carbocycles. The van der Waals surface area contributed by atoms with Crippen LogP contribution >= 0.6 is 0 Å². The molecule has 0 aliphatic carbocycles. The SMILES string of the molecule is O=C(O)c1ccc2ccn(CCc3ccccn3)c2c1. The van der Waals surface area contributed by atoms with Crippen LogP contribution in [0.1, 0.15) is 16.1 Å². The summed E-state index contributed by atoms with van der Waals surface area (Å²) in [6.07, 6.45) is 4.59. The van der Waals surface area contributed by atoms with E-state index in [1.54, 1.807) is 18.3 Å². The van der Waals surface area contributed by atoms with Gasteiger partial charge in [0.25, 0.3) is 0 Å². The number of carboxylic acid groups (broad SMARTS) is 1. The maximum atomic E-state index is 11.0. The Morgan fingerprint density at radius 2 is 2.10 bits per heavy atom. The van der Waals surface area contributed by atoms with Crippen LogP contribution in [0.4, 0.5) is 0 Å². The number of hydrogen-bond donors (Lipinski definition) is 1. The summed E-state index contributed by atoms with van der Waals surface area (Å²) >= 11 is 0. The topological polar surface area (TPSA) is 55.1 Å². The van der Waals surface area contributed by atoms with E-state index >= 15 is 0 Å². The maximum absolute atomic E-state index is 11.0. The molecule has 100 valence electrons. The Morgan fingerprint density at radius 1 is 1.20 bits per heavy atom. The number of carboxylic acids is 1. The molecule has 1 N–H and O–H groups in total. The van der Waals surface area contributed by atoms with E-state index in [4.69, 9.17) is 5.11 Å². The first kappa shape index (κ1) is 12.4. The fourth-order valence-corrected chi connectivity index (χ4v) is 2.29. The second-order valence-electron chi connectivity index (χ2n) is 4.66. The van der Waals surface area contributed by atoms with E-state index in [9.17, 15) is 4.79 Å². The van der Waals surface area contributed by atoms with Crippen molar-refractivity contribution in [3.63, 3.8) is 0 Å². The minimum Gasteiger partial charge on any atom is -0.478 e. The quantitative estimate of drug-likeness (QED) is 0.789. The van der Waals surface area contributed by atoms with Crippen LogP contribution in [0.3, 0.4) is 0 Å². The Hall–Kier alpha value is -2.62. The number of rotatable bonds is 4. The average Bonchev–Trinajstić information content (AvgIpc) is 2.88. The van der Waals surface area contributed by atoms with E-state index in [0.717, 1.165) is 29.6 Å². The van der Waals surface area contributed by atoms with E-state index in [1.807, 2.05) is 36.5 Å². The van der Waals surface area contributed by atoms with E-state index < -0.39 is 5.97 Å². The summed E-state index contributed by atoms with van der Waals surface area (Å²) in [5.74, 6) is -0.899. The monoisotopic (exact) mass is 266 g/mol. The molecule has 0 saturated carbocycles. The number of aromatic nitrogens is 2. The van der Waals surface area contributed by atoms with Crippen LogP contribution in [0.5, 0.6) is 0 Å². The fraction of sp³-hybridized carbons (Fsp3) is 0.125. The summed E-state index contributed by atoms with van der Waals surface area (Å²) in [5.41, 5.74) is 2.29.